The van der Waals surface area contributed by atoms with Gasteiger partial charge in [-0.2, -0.15) is 4.31 Å². The molecule has 1 fully saturated rings. The fourth-order valence-corrected chi connectivity index (χ4v) is 5.91. The Hall–Kier alpha value is -2.38. The number of hydrogen-bond acceptors (Lipinski definition) is 4. The third kappa shape index (κ3) is 4.23. The van der Waals surface area contributed by atoms with Crippen molar-refractivity contribution in [3.8, 4) is 0 Å². The van der Waals surface area contributed by atoms with E-state index in [9.17, 15) is 13.2 Å². The van der Waals surface area contributed by atoms with Crippen molar-refractivity contribution < 1.29 is 13.2 Å². The van der Waals surface area contributed by atoms with Gasteiger partial charge in [-0.15, -0.1) is 0 Å². The number of aryl methyl sites for hydroxylation is 1. The van der Waals surface area contributed by atoms with Crippen LogP contribution in [0.4, 0.5) is 11.4 Å². The molecule has 0 radical (unpaired) electrons. The van der Waals surface area contributed by atoms with Gasteiger partial charge in [0.1, 0.15) is 6.04 Å². The highest BCUT2D eigenvalue weighted by Crippen LogP contribution is 2.29. The number of nitrogens with zero attached hydrogens (tertiary/aromatic N) is 2. The Balaban J connectivity index is 1.50. The van der Waals surface area contributed by atoms with E-state index in [-0.39, 0.29) is 16.8 Å². The van der Waals surface area contributed by atoms with Gasteiger partial charge in [0.2, 0.25) is 15.9 Å². The average molecular weight is 428 g/mol. The Kier molecular flexibility index (Phi) is 6.11. The van der Waals surface area contributed by atoms with Crippen LogP contribution in [0.3, 0.4) is 0 Å². The quantitative estimate of drug-likeness (QED) is 0.791. The van der Waals surface area contributed by atoms with Crippen molar-refractivity contribution in [1.29, 1.82) is 0 Å². The van der Waals surface area contributed by atoms with Gasteiger partial charge in [0, 0.05) is 31.0 Å². The third-order valence-corrected chi connectivity index (χ3v) is 7.94. The van der Waals surface area contributed by atoms with E-state index < -0.39 is 10.0 Å². The van der Waals surface area contributed by atoms with E-state index in [4.69, 9.17) is 0 Å². The summed E-state index contributed by atoms with van der Waals surface area (Å²) in [6, 6.07) is 14.4. The van der Waals surface area contributed by atoms with Crippen LogP contribution in [0.1, 0.15) is 38.2 Å². The van der Waals surface area contributed by atoms with Crippen molar-refractivity contribution in [2.75, 3.05) is 29.9 Å². The molecule has 7 heteroatoms. The van der Waals surface area contributed by atoms with E-state index in [0.717, 1.165) is 44.3 Å². The summed E-state index contributed by atoms with van der Waals surface area (Å²) in [4.78, 5) is 15.3. The zero-order valence-corrected chi connectivity index (χ0v) is 18.2. The summed E-state index contributed by atoms with van der Waals surface area (Å²) in [7, 11) is -3.53. The maximum Gasteiger partial charge on any atom is 0.246 e. The number of hydrogen-bond donors (Lipinski definition) is 1. The van der Waals surface area contributed by atoms with Crippen LogP contribution < -0.4 is 10.2 Å². The molecule has 30 heavy (non-hydrogen) atoms. The van der Waals surface area contributed by atoms with Gasteiger partial charge in [-0.25, -0.2) is 8.42 Å². The molecule has 2 aliphatic heterocycles. The standard InChI is InChI=1S/C23H29N3O3S/c1-18(26-16-8-10-19-9-3-4-13-22(19)26)23(27)24-20-11-7-12-21(17-20)30(28,29)25-14-5-2-6-15-25/h3-4,7,9,11-13,17-18H,2,5-6,8,10,14-16H2,1H3,(H,24,27)/t18-/m0/s1. The van der Waals surface area contributed by atoms with Gasteiger partial charge in [0.05, 0.1) is 4.90 Å². The van der Waals surface area contributed by atoms with Gasteiger partial charge in [0.25, 0.3) is 0 Å². The molecule has 1 amide bonds. The summed E-state index contributed by atoms with van der Waals surface area (Å²) < 4.78 is 27.4. The SMILES string of the molecule is C[C@@H](C(=O)Nc1cccc(S(=O)(=O)N2CCCCC2)c1)N1CCCc2ccccc21. The summed E-state index contributed by atoms with van der Waals surface area (Å²) in [5, 5.41) is 2.92. The molecule has 0 unspecified atom stereocenters. The Morgan fingerprint density at radius 1 is 0.967 bits per heavy atom. The average Bonchev–Trinajstić information content (AvgIpc) is 2.79. The lowest BCUT2D eigenvalue weighted by molar-refractivity contribution is -0.117. The number of para-hydroxylation sites is 1. The van der Waals surface area contributed by atoms with Crippen molar-refractivity contribution in [2.24, 2.45) is 0 Å². The van der Waals surface area contributed by atoms with Gasteiger partial charge in [-0.3, -0.25) is 4.79 Å². The minimum absolute atomic E-state index is 0.140. The zero-order chi connectivity index (χ0) is 21.1. The number of carbonyl (C=O) groups is 1. The number of fused-ring (bicyclic) bond motifs is 1. The summed E-state index contributed by atoms with van der Waals surface area (Å²) >= 11 is 0. The second kappa shape index (κ2) is 8.78. The number of amides is 1. The first-order valence-electron chi connectivity index (χ1n) is 10.7. The smallest absolute Gasteiger partial charge is 0.246 e. The number of nitrogens with one attached hydrogen (secondary N) is 1. The molecular formula is C23H29N3O3S. The Labute approximate surface area is 178 Å². The van der Waals surface area contributed by atoms with Crippen molar-refractivity contribution in [1.82, 2.24) is 4.31 Å². The summed E-state index contributed by atoms with van der Waals surface area (Å²) in [5.74, 6) is -0.140. The fourth-order valence-electron chi connectivity index (χ4n) is 4.34. The topological polar surface area (TPSA) is 69.7 Å². The van der Waals surface area contributed by atoms with Gasteiger partial charge >= 0.3 is 0 Å². The summed E-state index contributed by atoms with van der Waals surface area (Å²) in [6.07, 6.45) is 4.89. The van der Waals surface area contributed by atoms with Gasteiger partial charge in [-0.1, -0.05) is 30.7 Å². The highest BCUT2D eigenvalue weighted by Gasteiger charge is 2.28. The number of sulfonamides is 1. The summed E-state index contributed by atoms with van der Waals surface area (Å²) in [5.41, 5.74) is 2.88. The van der Waals surface area contributed by atoms with Crippen LogP contribution in [0.5, 0.6) is 0 Å². The molecule has 1 atom stereocenters. The first kappa shape index (κ1) is 20.9. The number of piperidine rings is 1. The molecule has 6 nitrogen and oxygen atoms in total. The second-order valence-corrected chi connectivity index (χ2v) is 10.0. The Morgan fingerprint density at radius 3 is 2.53 bits per heavy atom. The van der Waals surface area contributed by atoms with Crippen molar-refractivity contribution in [3.05, 3.63) is 54.1 Å². The van der Waals surface area contributed by atoms with Crippen molar-refractivity contribution in [3.63, 3.8) is 0 Å². The molecule has 0 bridgehead atoms. The molecule has 4 rings (SSSR count). The van der Waals surface area contributed by atoms with Gasteiger partial charge in [-0.05, 0) is 62.4 Å². The number of benzene rings is 2. The Bertz CT molecular complexity index is 1020. The van der Waals surface area contributed by atoms with Crippen LogP contribution in [0.2, 0.25) is 0 Å². The largest absolute Gasteiger partial charge is 0.360 e. The predicted molar refractivity (Wildman–Crippen MR) is 119 cm³/mol. The van der Waals surface area contributed by atoms with E-state index in [0.29, 0.717) is 18.8 Å². The molecule has 1 saturated heterocycles. The molecule has 160 valence electrons. The molecule has 0 saturated carbocycles. The maximum absolute atomic E-state index is 13.0. The minimum Gasteiger partial charge on any atom is -0.360 e. The summed E-state index contributed by atoms with van der Waals surface area (Å²) in [6.45, 7) is 3.84. The predicted octanol–water partition coefficient (Wildman–Crippen LogP) is 3.64. The van der Waals surface area contributed by atoms with E-state index in [2.05, 4.69) is 22.3 Å². The van der Waals surface area contributed by atoms with Crippen LogP contribution in [0, 0.1) is 0 Å². The monoisotopic (exact) mass is 427 g/mol. The van der Waals surface area contributed by atoms with E-state index >= 15 is 0 Å². The molecule has 2 aromatic rings. The number of carbonyl (C=O) groups excluding carboxylic acids is 1. The molecule has 2 aromatic carbocycles. The molecule has 0 spiro atoms. The molecular weight excluding hydrogens is 398 g/mol. The molecule has 0 aromatic heterocycles. The van der Waals surface area contributed by atoms with E-state index in [1.54, 1.807) is 28.6 Å². The first-order valence-corrected chi connectivity index (χ1v) is 12.2. The highest BCUT2D eigenvalue weighted by atomic mass is 32.2. The lowest BCUT2D eigenvalue weighted by Gasteiger charge is -2.35. The third-order valence-electron chi connectivity index (χ3n) is 6.05. The zero-order valence-electron chi connectivity index (χ0n) is 17.4. The lowest BCUT2D eigenvalue weighted by atomic mass is 10.00. The van der Waals surface area contributed by atoms with Gasteiger partial charge < -0.3 is 10.2 Å². The molecule has 1 N–H and O–H groups in total. The number of anilines is 2. The second-order valence-electron chi connectivity index (χ2n) is 8.08. The minimum atomic E-state index is -3.53. The van der Waals surface area contributed by atoms with Crippen LogP contribution in [-0.4, -0.2) is 44.3 Å². The van der Waals surface area contributed by atoms with E-state index in [1.807, 2.05) is 19.1 Å². The van der Waals surface area contributed by atoms with Crippen LogP contribution >= 0.6 is 0 Å². The van der Waals surface area contributed by atoms with Crippen molar-refractivity contribution >= 4 is 27.3 Å². The van der Waals surface area contributed by atoms with Crippen LogP contribution in [-0.2, 0) is 21.2 Å². The molecule has 0 aliphatic carbocycles. The van der Waals surface area contributed by atoms with Crippen LogP contribution in [0.25, 0.3) is 0 Å². The van der Waals surface area contributed by atoms with Crippen molar-refractivity contribution in [2.45, 2.75) is 50.0 Å². The highest BCUT2D eigenvalue weighted by molar-refractivity contribution is 7.89. The van der Waals surface area contributed by atoms with E-state index in [1.165, 1.54) is 5.56 Å². The van der Waals surface area contributed by atoms with Crippen LogP contribution in [0.15, 0.2) is 53.4 Å². The normalized spacial score (nSPS) is 18.5. The molecule has 2 aliphatic rings. The fraction of sp³-hybridized carbons (Fsp3) is 0.435. The maximum atomic E-state index is 13.0. The van der Waals surface area contributed by atoms with Gasteiger partial charge in [0.15, 0.2) is 0 Å². The number of rotatable bonds is 5. The first-order chi connectivity index (χ1) is 14.5. The lowest BCUT2D eigenvalue weighted by Crippen LogP contribution is -2.44. The molecule has 2 heterocycles. The Morgan fingerprint density at radius 2 is 1.73 bits per heavy atom.